The van der Waals surface area contributed by atoms with Crippen molar-refractivity contribution in [2.75, 3.05) is 58.5 Å². The van der Waals surface area contributed by atoms with Crippen LogP contribution < -0.4 is 20.7 Å². The maximum Gasteiger partial charge on any atom is 0.406 e. The number of aromatic nitrogens is 2. The van der Waals surface area contributed by atoms with Crippen molar-refractivity contribution in [1.29, 1.82) is 0 Å². The number of hydrogen-bond donors (Lipinski definition) is 3. The topological polar surface area (TPSA) is 110 Å². The van der Waals surface area contributed by atoms with Gasteiger partial charge in [-0.2, -0.15) is 13.2 Å². The van der Waals surface area contributed by atoms with E-state index in [0.29, 0.717) is 22.9 Å². The molecule has 3 N–H and O–H groups in total. The van der Waals surface area contributed by atoms with Crippen LogP contribution in [0.25, 0.3) is 11.0 Å². The zero-order valence-corrected chi connectivity index (χ0v) is 27.0. The van der Waals surface area contributed by atoms with Crippen LogP contribution in [0.1, 0.15) is 52.5 Å². The summed E-state index contributed by atoms with van der Waals surface area (Å²) in [5, 5.41) is 8.71. The van der Waals surface area contributed by atoms with E-state index in [9.17, 15) is 27.2 Å². The summed E-state index contributed by atoms with van der Waals surface area (Å²) in [5.74, 6) is 5.56. The number of carbonyl (C=O) groups is 2. The molecular weight excluding hydrogens is 632 g/mol. The Labute approximate surface area is 276 Å². The number of ether oxygens (including phenoxy) is 2. The van der Waals surface area contributed by atoms with Crippen LogP contribution >= 0.6 is 0 Å². The van der Waals surface area contributed by atoms with Crippen molar-refractivity contribution in [3.05, 3.63) is 53.3 Å². The van der Waals surface area contributed by atoms with Gasteiger partial charge in [0.05, 0.1) is 29.6 Å². The lowest BCUT2D eigenvalue weighted by molar-refractivity contribution is -0.140. The molecule has 0 radical (unpaired) electrons. The minimum absolute atomic E-state index is 0.0793. The van der Waals surface area contributed by atoms with E-state index >= 15 is 0 Å². The lowest BCUT2D eigenvalue weighted by Crippen LogP contribution is -2.53. The highest BCUT2D eigenvalue weighted by atomic mass is 19.4. The second-order valence-electron chi connectivity index (χ2n) is 12.0. The summed E-state index contributed by atoms with van der Waals surface area (Å²) in [6.07, 6.45) is -0.676. The molecular formula is C34H40F4N6O4. The standard InChI is InChI=1S/C34H40F4N6O4/c1-22-19-43(25-8-13-47-14-9-25)12-7-27(22)42-33(46)26-16-23(17-29-31(26)41-21-44(29)20-34(36,37)38)4-3-11-40-28-6-5-24(32(45)39-2)18-30(28)48-15-10-35/h5-6,16-18,21-22,25,27,40H,7-15,19-20H2,1-2H3,(H,39,45)(H,42,46)/t22-,27-/m0/s1. The fourth-order valence-electron chi connectivity index (χ4n) is 6.26. The maximum absolute atomic E-state index is 13.7. The number of nitrogens with zero attached hydrogens (tertiary/aromatic N) is 3. The molecule has 2 atom stereocenters. The number of piperidine rings is 1. The number of likely N-dealkylation sites (tertiary alicyclic amines) is 1. The van der Waals surface area contributed by atoms with Gasteiger partial charge in [0, 0.05) is 56.6 Å². The van der Waals surface area contributed by atoms with Gasteiger partial charge in [-0.3, -0.25) is 14.5 Å². The van der Waals surface area contributed by atoms with Crippen LogP contribution in [0.2, 0.25) is 0 Å². The molecule has 2 amide bonds. The average molecular weight is 673 g/mol. The average Bonchev–Trinajstić information content (AvgIpc) is 3.47. The van der Waals surface area contributed by atoms with Crippen molar-refractivity contribution >= 4 is 28.5 Å². The maximum atomic E-state index is 13.7. The number of anilines is 1. The van der Waals surface area contributed by atoms with Crippen molar-refractivity contribution in [2.24, 2.45) is 5.92 Å². The van der Waals surface area contributed by atoms with Crippen LogP contribution in [0, 0.1) is 17.8 Å². The van der Waals surface area contributed by atoms with Crippen LogP contribution in [0.15, 0.2) is 36.7 Å². The molecule has 1 aromatic heterocycles. The van der Waals surface area contributed by atoms with E-state index in [4.69, 9.17) is 9.47 Å². The van der Waals surface area contributed by atoms with Gasteiger partial charge >= 0.3 is 6.18 Å². The van der Waals surface area contributed by atoms with Crippen molar-refractivity contribution in [1.82, 2.24) is 25.1 Å². The Morgan fingerprint density at radius 3 is 2.62 bits per heavy atom. The van der Waals surface area contributed by atoms with Crippen LogP contribution in [0.4, 0.5) is 23.2 Å². The zero-order valence-electron chi connectivity index (χ0n) is 27.0. The van der Waals surface area contributed by atoms with E-state index in [-0.39, 0.29) is 53.4 Å². The van der Waals surface area contributed by atoms with Gasteiger partial charge in [0.2, 0.25) is 0 Å². The summed E-state index contributed by atoms with van der Waals surface area (Å²) >= 11 is 0. The van der Waals surface area contributed by atoms with Crippen molar-refractivity contribution in [3.63, 3.8) is 0 Å². The van der Waals surface area contributed by atoms with Crippen LogP contribution in [0.5, 0.6) is 5.75 Å². The summed E-state index contributed by atoms with van der Waals surface area (Å²) in [5.41, 5.74) is 1.60. The Balaban J connectivity index is 1.35. The number of imidazole rings is 1. The number of hydrogen-bond acceptors (Lipinski definition) is 7. The smallest absolute Gasteiger partial charge is 0.406 e. The molecule has 2 fully saturated rings. The third-order valence-electron chi connectivity index (χ3n) is 8.69. The van der Waals surface area contributed by atoms with Gasteiger partial charge in [0.15, 0.2) is 0 Å². The fraction of sp³-hybridized carbons (Fsp3) is 0.500. The molecule has 2 aliphatic rings. The van der Waals surface area contributed by atoms with Gasteiger partial charge in [-0.1, -0.05) is 18.8 Å². The van der Waals surface area contributed by atoms with Gasteiger partial charge < -0.3 is 30.0 Å². The lowest BCUT2D eigenvalue weighted by atomic mass is 9.91. The summed E-state index contributed by atoms with van der Waals surface area (Å²) in [7, 11) is 1.49. The highest BCUT2D eigenvalue weighted by Gasteiger charge is 2.33. The van der Waals surface area contributed by atoms with Crippen LogP contribution in [0.3, 0.4) is 0 Å². The summed E-state index contributed by atoms with van der Waals surface area (Å²) in [4.78, 5) is 32.4. The number of carbonyl (C=O) groups excluding carboxylic acids is 2. The van der Waals surface area contributed by atoms with E-state index in [1.54, 1.807) is 18.2 Å². The second kappa shape index (κ2) is 15.7. The number of halogens is 4. The van der Waals surface area contributed by atoms with Gasteiger partial charge in [-0.25, -0.2) is 9.37 Å². The molecule has 0 bridgehead atoms. The molecule has 3 aromatic rings. The van der Waals surface area contributed by atoms with E-state index in [1.807, 2.05) is 0 Å². The van der Waals surface area contributed by atoms with Gasteiger partial charge in [-0.15, -0.1) is 0 Å². The predicted octanol–water partition coefficient (Wildman–Crippen LogP) is 4.39. The Morgan fingerprint density at radius 2 is 1.92 bits per heavy atom. The number of nitrogens with one attached hydrogen (secondary N) is 3. The summed E-state index contributed by atoms with van der Waals surface area (Å²) in [6, 6.07) is 8.07. The Morgan fingerprint density at radius 1 is 1.12 bits per heavy atom. The first-order valence-corrected chi connectivity index (χ1v) is 16.0. The Kier molecular flexibility index (Phi) is 11.4. The van der Waals surface area contributed by atoms with Crippen molar-refractivity contribution < 1.29 is 36.6 Å². The highest BCUT2D eigenvalue weighted by molar-refractivity contribution is 6.05. The van der Waals surface area contributed by atoms with Gasteiger partial charge in [0.25, 0.3) is 11.8 Å². The highest BCUT2D eigenvalue weighted by Crippen LogP contribution is 2.28. The van der Waals surface area contributed by atoms with E-state index in [0.717, 1.165) is 56.5 Å². The fourth-order valence-corrected chi connectivity index (χ4v) is 6.26. The monoisotopic (exact) mass is 672 g/mol. The first kappa shape index (κ1) is 35.0. The zero-order chi connectivity index (χ0) is 34.3. The molecule has 3 heterocycles. The molecule has 2 saturated heterocycles. The van der Waals surface area contributed by atoms with Crippen molar-refractivity contribution in [3.8, 4) is 17.6 Å². The molecule has 10 nitrogen and oxygen atoms in total. The van der Waals surface area contributed by atoms with Crippen molar-refractivity contribution in [2.45, 2.75) is 51.0 Å². The number of fused-ring (bicyclic) bond motifs is 1. The number of amides is 2. The first-order chi connectivity index (χ1) is 23.1. The molecule has 0 saturated carbocycles. The van der Waals surface area contributed by atoms with Crippen LogP contribution in [-0.2, 0) is 11.3 Å². The molecule has 0 spiro atoms. The van der Waals surface area contributed by atoms with Crippen LogP contribution in [-0.4, -0.2) is 97.7 Å². The third kappa shape index (κ3) is 8.76. The number of rotatable bonds is 10. The quantitative estimate of drug-likeness (QED) is 0.217. The lowest BCUT2D eigenvalue weighted by Gasteiger charge is -2.42. The summed E-state index contributed by atoms with van der Waals surface area (Å²) < 4.78 is 65.0. The molecule has 258 valence electrons. The number of benzene rings is 2. The summed E-state index contributed by atoms with van der Waals surface area (Å²) in [6.45, 7) is 3.16. The third-order valence-corrected chi connectivity index (χ3v) is 8.69. The van der Waals surface area contributed by atoms with E-state index < -0.39 is 25.3 Å². The van der Waals surface area contributed by atoms with Gasteiger partial charge in [-0.05, 0) is 55.5 Å². The normalized spacial score (nSPS) is 19.0. The molecule has 2 aliphatic heterocycles. The molecule has 14 heteroatoms. The second-order valence-corrected chi connectivity index (χ2v) is 12.0. The minimum Gasteiger partial charge on any atom is -0.489 e. The Bertz CT molecular complexity index is 1660. The molecule has 5 rings (SSSR count). The molecule has 0 aliphatic carbocycles. The molecule has 2 aromatic carbocycles. The largest absolute Gasteiger partial charge is 0.489 e. The van der Waals surface area contributed by atoms with Gasteiger partial charge in [0.1, 0.15) is 31.1 Å². The SMILES string of the molecule is CNC(=O)c1ccc(NCC#Cc2cc(C(=O)N[C@H]3CCN(C4CCOCC4)C[C@@H]3C)c3ncn(CC(F)(F)F)c3c2)c(OCCF)c1. The minimum atomic E-state index is -4.50. The Hall–Kier alpha value is -4.35. The number of alkyl halides is 4. The predicted molar refractivity (Wildman–Crippen MR) is 173 cm³/mol. The molecule has 0 unspecified atom stereocenters. The van der Waals surface area contributed by atoms with E-state index in [2.05, 4.69) is 44.6 Å². The van der Waals surface area contributed by atoms with E-state index in [1.165, 1.54) is 19.2 Å². The molecule has 48 heavy (non-hydrogen) atoms. The first-order valence-electron chi connectivity index (χ1n) is 16.0.